The minimum Gasteiger partial charge on any atom is -0.339 e. The number of carbonyl (C=O) groups is 1. The molecule has 1 aromatic carbocycles. The van der Waals surface area contributed by atoms with Gasteiger partial charge in [0, 0.05) is 31.0 Å². The minimum absolute atomic E-state index is 0.131. The Morgan fingerprint density at radius 1 is 1.20 bits per heavy atom. The average molecular weight is 274 g/mol. The fraction of sp³-hybridized carbons (Fsp3) is 0.357. The maximum absolute atomic E-state index is 14.1. The van der Waals surface area contributed by atoms with Gasteiger partial charge in [0.25, 0.3) is 5.91 Å². The zero-order valence-electron chi connectivity index (χ0n) is 11.1. The van der Waals surface area contributed by atoms with E-state index in [1.54, 1.807) is 11.9 Å². The van der Waals surface area contributed by atoms with E-state index in [-0.39, 0.29) is 11.3 Å². The van der Waals surface area contributed by atoms with E-state index in [2.05, 4.69) is 0 Å². The summed E-state index contributed by atoms with van der Waals surface area (Å²) in [5.74, 6) is -1.79. The molecular weight excluding hydrogens is 261 g/mol. The van der Waals surface area contributed by atoms with Gasteiger partial charge in [-0.25, -0.2) is 8.78 Å². The fourth-order valence-electron chi connectivity index (χ4n) is 3.09. The van der Waals surface area contributed by atoms with Gasteiger partial charge >= 0.3 is 0 Å². The highest BCUT2D eigenvalue weighted by Crippen LogP contribution is 2.30. The summed E-state index contributed by atoms with van der Waals surface area (Å²) in [4.78, 5) is 13.8. The lowest BCUT2D eigenvalue weighted by Crippen LogP contribution is -2.37. The van der Waals surface area contributed by atoms with E-state index in [0.717, 1.165) is 18.1 Å². The molecule has 4 rings (SSSR count). The maximum atomic E-state index is 14.1. The first kappa shape index (κ1) is 11.9. The normalized spacial score (nSPS) is 17.9. The number of hydrogen-bond acceptors (Lipinski definition) is 1. The molecule has 1 fully saturated rings. The molecule has 0 atom stereocenters. The molecular formula is C14H13BF2N2O. The zero-order chi connectivity index (χ0) is 14.0. The highest BCUT2D eigenvalue weighted by Gasteiger charge is 2.35. The van der Waals surface area contributed by atoms with Crippen LogP contribution in [0.3, 0.4) is 0 Å². The van der Waals surface area contributed by atoms with Gasteiger partial charge in [-0.1, -0.05) is 18.1 Å². The average Bonchev–Trinajstić information content (AvgIpc) is 3.19. The van der Waals surface area contributed by atoms with Crippen molar-refractivity contribution in [2.24, 2.45) is 0 Å². The zero-order valence-corrected chi connectivity index (χ0v) is 11.1. The highest BCUT2D eigenvalue weighted by molar-refractivity contribution is 6.84. The third-order valence-corrected chi connectivity index (χ3v) is 4.34. The van der Waals surface area contributed by atoms with E-state index in [1.807, 2.05) is 4.57 Å². The summed E-state index contributed by atoms with van der Waals surface area (Å²) >= 11 is 0. The molecule has 3 heterocycles. The van der Waals surface area contributed by atoms with Gasteiger partial charge in [0.05, 0.1) is 0 Å². The molecule has 0 unspecified atom stereocenters. The maximum Gasteiger partial charge on any atom is 0.270 e. The quantitative estimate of drug-likeness (QED) is 0.727. The molecule has 1 amide bonds. The SMILES string of the molecule is CN1CCn2c(cc3c(F)c(F)cc(B4CC4)c32)C1=O. The second-order valence-corrected chi connectivity index (χ2v) is 5.71. The van der Waals surface area contributed by atoms with Gasteiger partial charge in [0.1, 0.15) is 5.69 Å². The number of amides is 1. The molecule has 0 spiro atoms. The summed E-state index contributed by atoms with van der Waals surface area (Å²) in [5, 5.41) is 0.241. The number of fused-ring (bicyclic) bond motifs is 3. The summed E-state index contributed by atoms with van der Waals surface area (Å²) in [6, 6.07) is 2.81. The van der Waals surface area contributed by atoms with Crippen molar-refractivity contribution >= 4 is 29.0 Å². The lowest BCUT2D eigenvalue weighted by atomic mass is 9.63. The summed E-state index contributed by atoms with van der Waals surface area (Å²) in [7, 11) is 1.72. The van der Waals surface area contributed by atoms with Crippen LogP contribution in [0.15, 0.2) is 12.1 Å². The molecule has 0 radical (unpaired) electrons. The molecule has 0 bridgehead atoms. The first-order valence-corrected chi connectivity index (χ1v) is 6.84. The first-order chi connectivity index (χ1) is 9.58. The van der Waals surface area contributed by atoms with Crippen molar-refractivity contribution in [2.75, 3.05) is 13.6 Å². The molecule has 0 aliphatic carbocycles. The van der Waals surface area contributed by atoms with Crippen molar-refractivity contribution in [1.82, 2.24) is 9.47 Å². The van der Waals surface area contributed by atoms with Gasteiger partial charge in [0.2, 0.25) is 0 Å². The van der Waals surface area contributed by atoms with Crippen molar-refractivity contribution in [2.45, 2.75) is 19.2 Å². The first-order valence-electron chi connectivity index (χ1n) is 6.84. The van der Waals surface area contributed by atoms with E-state index >= 15 is 0 Å². The predicted molar refractivity (Wildman–Crippen MR) is 73.8 cm³/mol. The Balaban J connectivity index is 2.08. The van der Waals surface area contributed by atoms with E-state index in [0.29, 0.717) is 31.0 Å². The number of carbonyl (C=O) groups excluding carboxylic acids is 1. The monoisotopic (exact) mass is 274 g/mol. The summed E-state index contributed by atoms with van der Waals surface area (Å²) in [6.07, 6.45) is 2.02. The van der Waals surface area contributed by atoms with Crippen molar-refractivity contribution in [3.05, 3.63) is 29.5 Å². The van der Waals surface area contributed by atoms with Crippen LogP contribution in [0.25, 0.3) is 10.9 Å². The van der Waals surface area contributed by atoms with Crippen LogP contribution in [0.2, 0.25) is 12.6 Å². The Bertz CT molecular complexity index is 751. The lowest BCUT2D eigenvalue weighted by Gasteiger charge is -2.25. The Labute approximate surface area is 115 Å². The minimum atomic E-state index is -0.846. The number of likely N-dealkylation sites (N-methyl/N-ethyl adjacent to an activating group) is 1. The highest BCUT2D eigenvalue weighted by atomic mass is 19.2. The lowest BCUT2D eigenvalue weighted by molar-refractivity contribution is 0.0751. The number of nitrogens with zero attached hydrogens (tertiary/aromatic N) is 2. The van der Waals surface area contributed by atoms with Gasteiger partial charge in [-0.05, 0) is 12.1 Å². The number of benzene rings is 1. The van der Waals surface area contributed by atoms with Crippen molar-refractivity contribution in [3.8, 4) is 0 Å². The number of hydrogen-bond donors (Lipinski definition) is 0. The summed E-state index contributed by atoms with van der Waals surface area (Å²) in [6.45, 7) is 1.53. The van der Waals surface area contributed by atoms with E-state index in [9.17, 15) is 13.6 Å². The summed E-state index contributed by atoms with van der Waals surface area (Å²) in [5.41, 5.74) is 2.02. The van der Waals surface area contributed by atoms with Crippen LogP contribution >= 0.6 is 0 Å². The van der Waals surface area contributed by atoms with Crippen LogP contribution in [-0.4, -0.2) is 35.7 Å². The van der Waals surface area contributed by atoms with Crippen LogP contribution in [0.1, 0.15) is 10.5 Å². The third kappa shape index (κ3) is 1.47. The number of rotatable bonds is 1. The third-order valence-electron chi connectivity index (χ3n) is 4.34. The summed E-state index contributed by atoms with van der Waals surface area (Å²) < 4.78 is 29.7. The van der Waals surface area contributed by atoms with Crippen LogP contribution in [0.5, 0.6) is 0 Å². The van der Waals surface area contributed by atoms with Gasteiger partial charge in [-0.15, -0.1) is 0 Å². The second kappa shape index (κ2) is 3.84. The molecule has 2 aliphatic rings. The molecule has 20 heavy (non-hydrogen) atoms. The molecule has 6 heteroatoms. The molecule has 0 N–H and O–H groups in total. The Morgan fingerprint density at radius 3 is 2.65 bits per heavy atom. The van der Waals surface area contributed by atoms with Gasteiger partial charge in [0.15, 0.2) is 18.3 Å². The van der Waals surface area contributed by atoms with Crippen LogP contribution in [-0.2, 0) is 6.54 Å². The Morgan fingerprint density at radius 2 is 1.95 bits per heavy atom. The van der Waals surface area contributed by atoms with Gasteiger partial charge in [-0.3, -0.25) is 4.79 Å². The van der Waals surface area contributed by atoms with Crippen LogP contribution < -0.4 is 5.46 Å². The molecule has 0 saturated carbocycles. The molecule has 3 nitrogen and oxygen atoms in total. The van der Waals surface area contributed by atoms with E-state index < -0.39 is 11.6 Å². The fourth-order valence-corrected chi connectivity index (χ4v) is 3.09. The van der Waals surface area contributed by atoms with Gasteiger partial charge < -0.3 is 9.47 Å². The number of halogens is 2. The molecule has 2 aromatic rings. The molecule has 2 aliphatic heterocycles. The molecule has 1 saturated heterocycles. The van der Waals surface area contributed by atoms with Crippen molar-refractivity contribution < 1.29 is 13.6 Å². The van der Waals surface area contributed by atoms with Gasteiger partial charge in [-0.2, -0.15) is 0 Å². The van der Waals surface area contributed by atoms with E-state index in [1.165, 1.54) is 12.1 Å². The topological polar surface area (TPSA) is 25.2 Å². The standard InChI is InChI=1S/C14H13BF2N2O/c1-18-4-5-19-11(14(18)20)6-8-12(17)10(16)7-9(13(8)19)15-2-3-15/h6-7H,2-5H2,1H3. The van der Waals surface area contributed by atoms with Crippen molar-refractivity contribution in [1.29, 1.82) is 0 Å². The molecule has 1 aromatic heterocycles. The second-order valence-electron chi connectivity index (χ2n) is 5.71. The predicted octanol–water partition coefficient (Wildman–Crippen LogP) is 1.72. The van der Waals surface area contributed by atoms with Crippen LogP contribution in [0, 0.1) is 11.6 Å². The van der Waals surface area contributed by atoms with Crippen LogP contribution in [0.4, 0.5) is 8.78 Å². The largest absolute Gasteiger partial charge is 0.339 e. The smallest absolute Gasteiger partial charge is 0.270 e. The van der Waals surface area contributed by atoms with Crippen molar-refractivity contribution in [3.63, 3.8) is 0 Å². The number of aromatic nitrogens is 1. The Hall–Kier alpha value is -1.85. The molecule has 102 valence electrons. The Kier molecular flexibility index (Phi) is 2.29. The van der Waals surface area contributed by atoms with E-state index in [4.69, 9.17) is 0 Å².